The fourth-order valence-corrected chi connectivity index (χ4v) is 2.83. The van der Waals surface area contributed by atoms with E-state index in [2.05, 4.69) is 36.6 Å². The maximum Gasteiger partial charge on any atom is 0.409 e. The highest BCUT2D eigenvalue weighted by Gasteiger charge is 2.26. The van der Waals surface area contributed by atoms with Crippen LogP contribution in [0, 0.1) is 0 Å². The number of carbonyl (C=O) groups excluding carboxylic acids is 2. The van der Waals surface area contributed by atoms with E-state index in [-0.39, 0.29) is 12.0 Å². The molecular weight excluding hydrogens is 392 g/mol. The summed E-state index contributed by atoms with van der Waals surface area (Å²) in [6.45, 7) is 1.99. The van der Waals surface area contributed by atoms with E-state index in [4.69, 9.17) is 0 Å². The molecule has 1 fully saturated rings. The van der Waals surface area contributed by atoms with E-state index < -0.39 is 0 Å². The molecule has 108 valence electrons. The lowest BCUT2D eigenvalue weighted by atomic mass is 10.2. The molecule has 1 aromatic carbocycles. The molecular formula is C13H14Br2N2O3. The van der Waals surface area contributed by atoms with E-state index in [1.165, 1.54) is 7.11 Å². The Hall–Kier alpha value is -1.08. The summed E-state index contributed by atoms with van der Waals surface area (Å²) in [6.07, 6.45) is -0.347. The fraction of sp³-hybridized carbons (Fsp3) is 0.385. The van der Waals surface area contributed by atoms with E-state index in [9.17, 15) is 9.59 Å². The summed E-state index contributed by atoms with van der Waals surface area (Å²) in [7, 11) is 1.36. The Morgan fingerprint density at radius 3 is 2.30 bits per heavy atom. The molecule has 1 saturated heterocycles. The summed E-state index contributed by atoms with van der Waals surface area (Å²) in [4.78, 5) is 27.2. The van der Waals surface area contributed by atoms with Gasteiger partial charge < -0.3 is 14.5 Å². The van der Waals surface area contributed by atoms with Gasteiger partial charge in [0, 0.05) is 35.1 Å². The lowest BCUT2D eigenvalue weighted by molar-refractivity contribution is 0.0599. The van der Waals surface area contributed by atoms with Crippen LogP contribution in [0.2, 0.25) is 0 Å². The highest BCUT2D eigenvalue weighted by atomic mass is 79.9. The Balaban J connectivity index is 2.05. The topological polar surface area (TPSA) is 49.9 Å². The number of ether oxygens (including phenoxy) is 1. The molecule has 0 saturated carbocycles. The largest absolute Gasteiger partial charge is 0.453 e. The Bertz CT molecular complexity index is 528. The first-order valence-corrected chi connectivity index (χ1v) is 7.68. The van der Waals surface area contributed by atoms with Gasteiger partial charge in [0.2, 0.25) is 0 Å². The molecule has 0 radical (unpaired) electrons. The molecule has 20 heavy (non-hydrogen) atoms. The molecule has 2 amide bonds. The Morgan fingerprint density at radius 2 is 1.70 bits per heavy atom. The van der Waals surface area contributed by atoms with Gasteiger partial charge in [0.25, 0.3) is 5.91 Å². The van der Waals surface area contributed by atoms with Crippen LogP contribution in [0.1, 0.15) is 10.4 Å². The summed E-state index contributed by atoms with van der Waals surface area (Å²) >= 11 is 6.76. The molecule has 1 aromatic rings. The van der Waals surface area contributed by atoms with Crippen LogP contribution in [-0.2, 0) is 4.74 Å². The van der Waals surface area contributed by atoms with E-state index in [1.54, 1.807) is 15.9 Å². The minimum atomic E-state index is -0.347. The van der Waals surface area contributed by atoms with Crippen LogP contribution >= 0.6 is 31.9 Å². The number of piperazine rings is 1. The molecule has 5 nitrogen and oxygen atoms in total. The summed E-state index contributed by atoms with van der Waals surface area (Å²) < 4.78 is 6.30. The first-order chi connectivity index (χ1) is 9.52. The first kappa shape index (κ1) is 15.3. The van der Waals surface area contributed by atoms with E-state index in [0.717, 1.165) is 8.95 Å². The molecule has 0 bridgehead atoms. The third-order valence-electron chi connectivity index (χ3n) is 3.16. The zero-order valence-corrected chi connectivity index (χ0v) is 14.1. The quantitative estimate of drug-likeness (QED) is 0.721. The molecule has 0 atom stereocenters. The van der Waals surface area contributed by atoms with Gasteiger partial charge in [-0.3, -0.25) is 4.79 Å². The SMILES string of the molecule is COC(=O)N1CCN(C(=O)c2cc(Br)ccc2Br)CC1. The molecule has 0 aliphatic carbocycles. The zero-order valence-electron chi connectivity index (χ0n) is 10.9. The van der Waals surface area contributed by atoms with Gasteiger partial charge in [0.15, 0.2) is 0 Å². The van der Waals surface area contributed by atoms with Crippen LogP contribution in [0.3, 0.4) is 0 Å². The predicted octanol–water partition coefficient (Wildman–Crippen LogP) is 2.74. The van der Waals surface area contributed by atoms with Crippen molar-refractivity contribution in [2.24, 2.45) is 0 Å². The second kappa shape index (κ2) is 6.58. The Morgan fingerprint density at radius 1 is 1.10 bits per heavy atom. The molecule has 7 heteroatoms. The average Bonchev–Trinajstić information content (AvgIpc) is 2.48. The maximum absolute atomic E-state index is 12.5. The van der Waals surface area contributed by atoms with Crippen molar-refractivity contribution in [2.45, 2.75) is 0 Å². The number of carbonyl (C=O) groups is 2. The highest BCUT2D eigenvalue weighted by Crippen LogP contribution is 2.23. The lowest BCUT2D eigenvalue weighted by Crippen LogP contribution is -2.50. The first-order valence-electron chi connectivity index (χ1n) is 6.10. The minimum absolute atomic E-state index is 0.0392. The van der Waals surface area contributed by atoms with Crippen molar-refractivity contribution in [3.8, 4) is 0 Å². The van der Waals surface area contributed by atoms with Gasteiger partial charge in [-0.25, -0.2) is 4.79 Å². The number of hydrogen-bond acceptors (Lipinski definition) is 3. The normalized spacial score (nSPS) is 15.2. The van der Waals surface area contributed by atoms with Crippen LogP contribution in [0.25, 0.3) is 0 Å². The average molecular weight is 406 g/mol. The molecule has 2 rings (SSSR count). The Labute approximate surface area is 134 Å². The molecule has 0 unspecified atom stereocenters. The minimum Gasteiger partial charge on any atom is -0.453 e. The maximum atomic E-state index is 12.5. The molecule has 1 aliphatic rings. The van der Waals surface area contributed by atoms with Gasteiger partial charge in [-0.05, 0) is 34.1 Å². The van der Waals surface area contributed by atoms with Gasteiger partial charge in [0.05, 0.1) is 12.7 Å². The molecule has 1 heterocycles. The molecule has 0 N–H and O–H groups in total. The smallest absolute Gasteiger partial charge is 0.409 e. The van der Waals surface area contributed by atoms with E-state index in [1.807, 2.05) is 12.1 Å². The van der Waals surface area contributed by atoms with Crippen molar-refractivity contribution in [1.29, 1.82) is 0 Å². The lowest BCUT2D eigenvalue weighted by Gasteiger charge is -2.34. The van der Waals surface area contributed by atoms with Gasteiger partial charge in [-0.15, -0.1) is 0 Å². The second-order valence-electron chi connectivity index (χ2n) is 4.37. The van der Waals surface area contributed by atoms with Crippen molar-refractivity contribution < 1.29 is 14.3 Å². The van der Waals surface area contributed by atoms with Crippen molar-refractivity contribution in [3.05, 3.63) is 32.7 Å². The third kappa shape index (κ3) is 3.32. The number of nitrogens with zero attached hydrogens (tertiary/aromatic N) is 2. The monoisotopic (exact) mass is 404 g/mol. The van der Waals surface area contributed by atoms with Crippen molar-refractivity contribution in [1.82, 2.24) is 9.80 Å². The van der Waals surface area contributed by atoms with Crippen LogP contribution in [0.5, 0.6) is 0 Å². The van der Waals surface area contributed by atoms with Crippen LogP contribution in [-0.4, -0.2) is 55.1 Å². The molecule has 0 spiro atoms. The highest BCUT2D eigenvalue weighted by molar-refractivity contribution is 9.11. The van der Waals surface area contributed by atoms with Gasteiger partial charge in [-0.2, -0.15) is 0 Å². The summed E-state index contributed by atoms with van der Waals surface area (Å²) in [5, 5.41) is 0. The van der Waals surface area contributed by atoms with Crippen LogP contribution in [0.4, 0.5) is 4.79 Å². The van der Waals surface area contributed by atoms with Crippen molar-refractivity contribution >= 4 is 43.9 Å². The molecule has 0 aromatic heterocycles. The number of rotatable bonds is 1. The van der Waals surface area contributed by atoms with Crippen LogP contribution < -0.4 is 0 Å². The number of benzene rings is 1. The van der Waals surface area contributed by atoms with Crippen molar-refractivity contribution in [2.75, 3.05) is 33.3 Å². The second-order valence-corrected chi connectivity index (χ2v) is 6.14. The summed E-state index contributed by atoms with van der Waals surface area (Å²) in [6, 6.07) is 5.50. The number of halogens is 2. The zero-order chi connectivity index (χ0) is 14.7. The fourth-order valence-electron chi connectivity index (χ4n) is 2.05. The van der Waals surface area contributed by atoms with Crippen LogP contribution in [0.15, 0.2) is 27.1 Å². The number of amides is 2. The molecule has 1 aliphatic heterocycles. The third-order valence-corrected chi connectivity index (χ3v) is 4.34. The predicted molar refractivity (Wildman–Crippen MR) is 81.7 cm³/mol. The van der Waals surface area contributed by atoms with Crippen molar-refractivity contribution in [3.63, 3.8) is 0 Å². The summed E-state index contributed by atoms with van der Waals surface area (Å²) in [5.41, 5.74) is 0.617. The Kier molecular flexibility index (Phi) is 5.04. The summed E-state index contributed by atoms with van der Waals surface area (Å²) in [5.74, 6) is -0.0392. The van der Waals surface area contributed by atoms with E-state index in [0.29, 0.717) is 31.7 Å². The number of hydrogen-bond donors (Lipinski definition) is 0. The van der Waals surface area contributed by atoms with Gasteiger partial charge in [-0.1, -0.05) is 15.9 Å². The van der Waals surface area contributed by atoms with Gasteiger partial charge >= 0.3 is 6.09 Å². The standard InChI is InChI=1S/C13H14Br2N2O3/c1-20-13(19)17-6-4-16(5-7-17)12(18)10-8-9(14)2-3-11(10)15/h2-3,8H,4-7H2,1H3. The van der Waals surface area contributed by atoms with Gasteiger partial charge in [0.1, 0.15) is 0 Å². The number of methoxy groups -OCH3 is 1. The van der Waals surface area contributed by atoms with E-state index >= 15 is 0 Å².